The molecule has 2 heterocycles. The zero-order valence-electron chi connectivity index (χ0n) is 11.6. The molecular weight excluding hydrogens is 228 g/mol. The minimum atomic E-state index is 0.541. The van der Waals surface area contributed by atoms with Gasteiger partial charge in [-0.05, 0) is 46.2 Å². The van der Waals surface area contributed by atoms with Crippen molar-refractivity contribution in [3.8, 4) is 0 Å². The first-order valence-electron chi connectivity index (χ1n) is 6.55. The van der Waals surface area contributed by atoms with Gasteiger partial charge in [0.25, 0.3) is 0 Å². The van der Waals surface area contributed by atoms with E-state index in [1.165, 1.54) is 15.3 Å². The van der Waals surface area contributed by atoms with Gasteiger partial charge in [-0.1, -0.05) is 0 Å². The standard InChI is InChI=1S/C14H24N2S/c1-9-8-16(10(2)7-15-9)12(4)14-6-11(3)17-13(14)5/h6,9-10,12,15H,7-8H2,1-5H3. The van der Waals surface area contributed by atoms with Gasteiger partial charge in [-0.15, -0.1) is 11.3 Å². The molecule has 17 heavy (non-hydrogen) atoms. The summed E-state index contributed by atoms with van der Waals surface area (Å²) in [6, 6.07) is 4.14. The van der Waals surface area contributed by atoms with Crippen molar-refractivity contribution in [3.05, 3.63) is 21.4 Å². The zero-order chi connectivity index (χ0) is 12.6. The van der Waals surface area contributed by atoms with Gasteiger partial charge in [0.15, 0.2) is 0 Å². The number of piperazine rings is 1. The third-order valence-electron chi connectivity index (χ3n) is 3.84. The van der Waals surface area contributed by atoms with Crippen LogP contribution >= 0.6 is 11.3 Å². The largest absolute Gasteiger partial charge is 0.311 e. The van der Waals surface area contributed by atoms with Crippen molar-refractivity contribution in [2.75, 3.05) is 13.1 Å². The Kier molecular flexibility index (Phi) is 3.91. The van der Waals surface area contributed by atoms with E-state index < -0.39 is 0 Å². The van der Waals surface area contributed by atoms with E-state index in [2.05, 4.69) is 50.9 Å². The number of nitrogens with zero attached hydrogens (tertiary/aromatic N) is 1. The second-order valence-electron chi connectivity index (χ2n) is 5.40. The molecule has 0 spiro atoms. The third kappa shape index (κ3) is 2.72. The average molecular weight is 252 g/mol. The van der Waals surface area contributed by atoms with Crippen LogP contribution in [0.5, 0.6) is 0 Å². The molecule has 2 nitrogen and oxygen atoms in total. The summed E-state index contributed by atoms with van der Waals surface area (Å²) in [5.41, 5.74) is 1.52. The van der Waals surface area contributed by atoms with E-state index in [1.807, 2.05) is 11.3 Å². The Morgan fingerprint density at radius 1 is 1.41 bits per heavy atom. The second-order valence-corrected chi connectivity index (χ2v) is 6.86. The number of rotatable bonds is 2. The minimum Gasteiger partial charge on any atom is -0.311 e. The summed E-state index contributed by atoms with van der Waals surface area (Å²) in [6.07, 6.45) is 0. The van der Waals surface area contributed by atoms with Crippen molar-refractivity contribution < 1.29 is 0 Å². The Labute approximate surface area is 109 Å². The van der Waals surface area contributed by atoms with Crippen LogP contribution in [0, 0.1) is 13.8 Å². The fourth-order valence-electron chi connectivity index (χ4n) is 2.83. The molecule has 0 radical (unpaired) electrons. The minimum absolute atomic E-state index is 0.541. The Morgan fingerprint density at radius 3 is 2.71 bits per heavy atom. The van der Waals surface area contributed by atoms with Crippen LogP contribution in [0.15, 0.2) is 6.07 Å². The molecule has 1 aliphatic rings. The molecule has 1 saturated heterocycles. The lowest BCUT2D eigenvalue weighted by atomic mass is 10.0. The highest BCUT2D eigenvalue weighted by atomic mass is 32.1. The molecule has 2 rings (SSSR count). The maximum absolute atomic E-state index is 3.55. The van der Waals surface area contributed by atoms with E-state index in [-0.39, 0.29) is 0 Å². The molecule has 0 amide bonds. The van der Waals surface area contributed by atoms with E-state index in [0.29, 0.717) is 18.1 Å². The molecule has 0 saturated carbocycles. The van der Waals surface area contributed by atoms with E-state index >= 15 is 0 Å². The Bertz CT molecular complexity index is 386. The van der Waals surface area contributed by atoms with Gasteiger partial charge in [0.1, 0.15) is 0 Å². The zero-order valence-corrected chi connectivity index (χ0v) is 12.4. The fourth-order valence-corrected chi connectivity index (χ4v) is 3.85. The number of nitrogens with one attached hydrogen (secondary N) is 1. The molecule has 3 unspecified atom stereocenters. The van der Waals surface area contributed by atoms with Gasteiger partial charge in [0, 0.05) is 41.0 Å². The van der Waals surface area contributed by atoms with Crippen LogP contribution in [0.2, 0.25) is 0 Å². The van der Waals surface area contributed by atoms with Crippen LogP contribution in [0.25, 0.3) is 0 Å². The molecular formula is C14H24N2S. The monoisotopic (exact) mass is 252 g/mol. The maximum Gasteiger partial charge on any atom is 0.0334 e. The van der Waals surface area contributed by atoms with Crippen LogP contribution in [0.3, 0.4) is 0 Å². The summed E-state index contributed by atoms with van der Waals surface area (Å²) < 4.78 is 0. The van der Waals surface area contributed by atoms with Crippen LogP contribution in [0.1, 0.15) is 42.1 Å². The van der Waals surface area contributed by atoms with Gasteiger partial charge in [-0.3, -0.25) is 4.90 Å². The van der Waals surface area contributed by atoms with Crippen molar-refractivity contribution in [1.29, 1.82) is 0 Å². The number of aryl methyl sites for hydroxylation is 2. The molecule has 0 bridgehead atoms. The summed E-state index contributed by atoms with van der Waals surface area (Å²) in [7, 11) is 0. The summed E-state index contributed by atoms with van der Waals surface area (Å²) in [5, 5.41) is 3.55. The summed E-state index contributed by atoms with van der Waals surface area (Å²) >= 11 is 1.92. The van der Waals surface area contributed by atoms with E-state index in [9.17, 15) is 0 Å². The molecule has 0 aromatic carbocycles. The van der Waals surface area contributed by atoms with Gasteiger partial charge < -0.3 is 5.32 Å². The lowest BCUT2D eigenvalue weighted by molar-refractivity contribution is 0.103. The second kappa shape index (κ2) is 5.09. The van der Waals surface area contributed by atoms with E-state index in [0.717, 1.165) is 13.1 Å². The Hall–Kier alpha value is -0.380. The lowest BCUT2D eigenvalue weighted by Gasteiger charge is -2.41. The highest BCUT2D eigenvalue weighted by molar-refractivity contribution is 7.12. The van der Waals surface area contributed by atoms with Crippen molar-refractivity contribution in [1.82, 2.24) is 10.2 Å². The highest BCUT2D eigenvalue weighted by Gasteiger charge is 2.28. The van der Waals surface area contributed by atoms with Gasteiger partial charge in [-0.2, -0.15) is 0 Å². The first-order chi connectivity index (χ1) is 7.99. The van der Waals surface area contributed by atoms with Crippen molar-refractivity contribution >= 4 is 11.3 Å². The third-order valence-corrected chi connectivity index (χ3v) is 4.82. The molecule has 1 aliphatic heterocycles. The quantitative estimate of drug-likeness (QED) is 0.870. The molecule has 0 aliphatic carbocycles. The van der Waals surface area contributed by atoms with Gasteiger partial charge in [0.05, 0.1) is 0 Å². The Balaban J connectivity index is 2.18. The van der Waals surface area contributed by atoms with Gasteiger partial charge >= 0.3 is 0 Å². The average Bonchev–Trinajstić information content (AvgIpc) is 2.60. The van der Waals surface area contributed by atoms with Gasteiger partial charge in [-0.25, -0.2) is 0 Å². The first-order valence-corrected chi connectivity index (χ1v) is 7.36. The molecule has 3 atom stereocenters. The van der Waals surface area contributed by atoms with Crippen LogP contribution in [-0.2, 0) is 0 Å². The first kappa shape index (κ1) is 13.1. The molecule has 96 valence electrons. The summed E-state index contributed by atoms with van der Waals surface area (Å²) in [5.74, 6) is 0. The maximum atomic E-state index is 3.55. The van der Waals surface area contributed by atoms with E-state index in [4.69, 9.17) is 0 Å². The van der Waals surface area contributed by atoms with Gasteiger partial charge in [0.2, 0.25) is 0 Å². The molecule has 1 aromatic rings. The normalized spacial score (nSPS) is 28.3. The summed E-state index contributed by atoms with van der Waals surface area (Å²) in [6.45, 7) is 13.7. The molecule has 1 N–H and O–H groups in total. The fraction of sp³-hybridized carbons (Fsp3) is 0.714. The number of hydrogen-bond donors (Lipinski definition) is 1. The van der Waals surface area contributed by atoms with E-state index in [1.54, 1.807) is 0 Å². The van der Waals surface area contributed by atoms with Crippen LogP contribution in [-0.4, -0.2) is 30.1 Å². The van der Waals surface area contributed by atoms with Crippen molar-refractivity contribution in [2.24, 2.45) is 0 Å². The summed E-state index contributed by atoms with van der Waals surface area (Å²) in [4.78, 5) is 5.55. The number of hydrogen-bond acceptors (Lipinski definition) is 3. The Morgan fingerprint density at radius 2 is 2.12 bits per heavy atom. The molecule has 3 heteroatoms. The van der Waals surface area contributed by atoms with Crippen molar-refractivity contribution in [2.45, 2.75) is 52.7 Å². The molecule has 1 aromatic heterocycles. The smallest absolute Gasteiger partial charge is 0.0334 e. The van der Waals surface area contributed by atoms with Crippen molar-refractivity contribution in [3.63, 3.8) is 0 Å². The topological polar surface area (TPSA) is 15.3 Å². The SMILES string of the molecule is Cc1cc(C(C)N2CC(C)NCC2C)c(C)s1. The molecule has 1 fully saturated rings. The van der Waals surface area contributed by atoms with Crippen LogP contribution < -0.4 is 5.32 Å². The highest BCUT2D eigenvalue weighted by Crippen LogP contribution is 2.31. The number of thiophene rings is 1. The predicted octanol–water partition coefficient (Wildman–Crippen LogP) is 3.11. The predicted molar refractivity (Wildman–Crippen MR) is 75.8 cm³/mol. The van der Waals surface area contributed by atoms with Crippen LogP contribution in [0.4, 0.5) is 0 Å². The lowest BCUT2D eigenvalue weighted by Crippen LogP contribution is -2.54.